The second kappa shape index (κ2) is 7.36. The number of benzene rings is 1. The van der Waals surface area contributed by atoms with E-state index in [-0.39, 0.29) is 11.9 Å². The van der Waals surface area contributed by atoms with E-state index in [0.29, 0.717) is 13.0 Å². The van der Waals surface area contributed by atoms with E-state index in [1.165, 1.54) is 0 Å². The molecule has 0 radical (unpaired) electrons. The summed E-state index contributed by atoms with van der Waals surface area (Å²) in [4.78, 5) is 13.5. The monoisotopic (exact) mass is 269 g/mol. The summed E-state index contributed by atoms with van der Waals surface area (Å²) in [5.41, 5.74) is 6.86. The Labute approximate surface area is 113 Å². The first-order valence-electron chi connectivity index (χ1n) is 5.92. The van der Waals surface area contributed by atoms with Crippen LogP contribution in [0.5, 0.6) is 0 Å². The largest absolute Gasteiger partial charge is 0.359 e. The van der Waals surface area contributed by atoms with E-state index in [1.807, 2.05) is 31.3 Å². The van der Waals surface area contributed by atoms with E-state index in [1.54, 1.807) is 7.05 Å². The number of carbonyl (C=O) groups excluding carboxylic acids is 1. The van der Waals surface area contributed by atoms with Crippen LogP contribution in [0.1, 0.15) is 12.0 Å². The number of halogens is 1. The molecule has 0 heterocycles. The molecule has 0 fully saturated rings. The number of amides is 1. The van der Waals surface area contributed by atoms with Gasteiger partial charge < -0.3 is 11.1 Å². The number of nitrogens with two attached hydrogens (primary N) is 1. The van der Waals surface area contributed by atoms with Gasteiger partial charge in [-0.15, -0.1) is 0 Å². The van der Waals surface area contributed by atoms with Crippen LogP contribution in [0.2, 0.25) is 5.02 Å². The number of nitrogens with one attached hydrogen (secondary N) is 1. The summed E-state index contributed by atoms with van der Waals surface area (Å²) in [6.45, 7) is 1.20. The third-order valence-corrected chi connectivity index (χ3v) is 3.19. The molecule has 18 heavy (non-hydrogen) atoms. The maximum absolute atomic E-state index is 11.4. The zero-order valence-electron chi connectivity index (χ0n) is 10.8. The minimum atomic E-state index is 0.00778. The van der Waals surface area contributed by atoms with Gasteiger partial charge in [0.25, 0.3) is 0 Å². The Bertz CT molecular complexity index is 380. The van der Waals surface area contributed by atoms with Crippen LogP contribution in [0.15, 0.2) is 24.3 Å². The molecule has 4 nitrogen and oxygen atoms in total. The van der Waals surface area contributed by atoms with Crippen molar-refractivity contribution in [2.24, 2.45) is 5.73 Å². The van der Waals surface area contributed by atoms with Crippen molar-refractivity contribution >= 4 is 17.5 Å². The molecule has 1 rings (SSSR count). The molecule has 100 valence electrons. The summed E-state index contributed by atoms with van der Waals surface area (Å²) in [5, 5.41) is 3.34. The summed E-state index contributed by atoms with van der Waals surface area (Å²) < 4.78 is 0. The van der Waals surface area contributed by atoms with Gasteiger partial charge in [-0.25, -0.2) is 0 Å². The summed E-state index contributed by atoms with van der Waals surface area (Å²) in [7, 11) is 3.60. The zero-order chi connectivity index (χ0) is 13.5. The van der Waals surface area contributed by atoms with E-state index in [0.717, 1.165) is 17.1 Å². The quantitative estimate of drug-likeness (QED) is 0.817. The van der Waals surface area contributed by atoms with Crippen molar-refractivity contribution in [1.82, 2.24) is 10.2 Å². The molecule has 1 aromatic carbocycles. The van der Waals surface area contributed by atoms with Crippen LogP contribution in [0.4, 0.5) is 0 Å². The van der Waals surface area contributed by atoms with Gasteiger partial charge in [-0.2, -0.15) is 0 Å². The van der Waals surface area contributed by atoms with Crippen LogP contribution in [0.3, 0.4) is 0 Å². The number of rotatable bonds is 6. The number of hydrogen-bond acceptors (Lipinski definition) is 3. The fourth-order valence-corrected chi connectivity index (χ4v) is 1.87. The van der Waals surface area contributed by atoms with Crippen LogP contribution in [-0.2, 0) is 11.3 Å². The Morgan fingerprint density at radius 1 is 1.44 bits per heavy atom. The predicted octanol–water partition coefficient (Wildman–Crippen LogP) is 1.24. The van der Waals surface area contributed by atoms with Gasteiger partial charge in [-0.1, -0.05) is 23.7 Å². The summed E-state index contributed by atoms with van der Waals surface area (Å²) in [6, 6.07) is 7.72. The first-order chi connectivity index (χ1) is 8.56. The minimum Gasteiger partial charge on any atom is -0.359 e. The molecule has 1 atom stereocenters. The fraction of sp³-hybridized carbons (Fsp3) is 0.462. The van der Waals surface area contributed by atoms with Crippen LogP contribution >= 0.6 is 11.6 Å². The minimum absolute atomic E-state index is 0.00778. The van der Waals surface area contributed by atoms with Crippen molar-refractivity contribution in [1.29, 1.82) is 0 Å². The lowest BCUT2D eigenvalue weighted by molar-refractivity contribution is -0.121. The number of carbonyl (C=O) groups is 1. The zero-order valence-corrected chi connectivity index (χ0v) is 11.6. The molecule has 3 N–H and O–H groups in total. The van der Waals surface area contributed by atoms with Gasteiger partial charge in [-0.05, 0) is 24.7 Å². The first kappa shape index (κ1) is 15.0. The molecule has 0 saturated carbocycles. The second-order valence-electron chi connectivity index (χ2n) is 4.31. The van der Waals surface area contributed by atoms with Gasteiger partial charge in [0.05, 0.1) is 0 Å². The highest BCUT2D eigenvalue weighted by Gasteiger charge is 2.16. The lowest BCUT2D eigenvalue weighted by Crippen LogP contribution is -2.41. The average molecular weight is 270 g/mol. The maximum Gasteiger partial charge on any atom is 0.221 e. The van der Waals surface area contributed by atoms with Crippen molar-refractivity contribution in [3.8, 4) is 0 Å². The molecule has 0 aliphatic rings. The van der Waals surface area contributed by atoms with E-state index in [2.05, 4.69) is 10.2 Å². The molecule has 1 aromatic rings. The molecule has 0 aliphatic carbocycles. The molecule has 0 bridgehead atoms. The second-order valence-corrected chi connectivity index (χ2v) is 4.74. The first-order valence-corrected chi connectivity index (χ1v) is 6.30. The third kappa shape index (κ3) is 4.64. The van der Waals surface area contributed by atoms with Gasteiger partial charge in [-0.3, -0.25) is 9.69 Å². The maximum atomic E-state index is 11.4. The summed E-state index contributed by atoms with van der Waals surface area (Å²) in [6.07, 6.45) is 0.414. The molecule has 5 heteroatoms. The molecule has 1 unspecified atom stereocenters. The van der Waals surface area contributed by atoms with Gasteiger partial charge >= 0.3 is 0 Å². The van der Waals surface area contributed by atoms with Crippen LogP contribution in [0.25, 0.3) is 0 Å². The van der Waals surface area contributed by atoms with Gasteiger partial charge in [0.2, 0.25) is 5.91 Å². The van der Waals surface area contributed by atoms with Crippen LogP contribution in [0, 0.1) is 0 Å². The number of likely N-dealkylation sites (N-methyl/N-ethyl adjacent to an activating group) is 1. The highest BCUT2D eigenvalue weighted by atomic mass is 35.5. The van der Waals surface area contributed by atoms with Crippen molar-refractivity contribution in [2.75, 3.05) is 20.6 Å². The molecule has 0 aromatic heterocycles. The Hall–Kier alpha value is -1.10. The lowest BCUT2D eigenvalue weighted by Gasteiger charge is -2.26. The van der Waals surface area contributed by atoms with Crippen molar-refractivity contribution in [3.05, 3.63) is 34.9 Å². The average Bonchev–Trinajstić information content (AvgIpc) is 2.38. The Kier molecular flexibility index (Phi) is 6.12. The topological polar surface area (TPSA) is 58.4 Å². The third-order valence-electron chi connectivity index (χ3n) is 2.94. The van der Waals surface area contributed by atoms with Crippen molar-refractivity contribution < 1.29 is 4.79 Å². The normalized spacial score (nSPS) is 12.5. The molecule has 0 spiro atoms. The summed E-state index contributed by atoms with van der Waals surface area (Å²) in [5.74, 6) is 0.00778. The van der Waals surface area contributed by atoms with E-state index < -0.39 is 0 Å². The Morgan fingerprint density at radius 3 is 2.56 bits per heavy atom. The smallest absolute Gasteiger partial charge is 0.221 e. The lowest BCUT2D eigenvalue weighted by atomic mass is 10.1. The van der Waals surface area contributed by atoms with Crippen molar-refractivity contribution in [2.45, 2.75) is 19.0 Å². The molecule has 0 aliphatic heterocycles. The molecule has 1 amide bonds. The highest BCUT2D eigenvalue weighted by molar-refractivity contribution is 6.30. The SMILES string of the molecule is CNC(=O)CC(CN)N(C)Cc1ccc(Cl)cc1. The number of nitrogens with zero attached hydrogens (tertiary/aromatic N) is 1. The van der Waals surface area contributed by atoms with Gasteiger partial charge in [0.1, 0.15) is 0 Å². The van der Waals surface area contributed by atoms with E-state index >= 15 is 0 Å². The van der Waals surface area contributed by atoms with Crippen LogP contribution in [-0.4, -0.2) is 37.5 Å². The molecular formula is C13H20ClN3O. The van der Waals surface area contributed by atoms with Gasteiger partial charge in [0.15, 0.2) is 0 Å². The Morgan fingerprint density at radius 2 is 2.06 bits per heavy atom. The molecular weight excluding hydrogens is 250 g/mol. The summed E-state index contributed by atoms with van der Waals surface area (Å²) >= 11 is 5.84. The van der Waals surface area contributed by atoms with E-state index in [9.17, 15) is 4.79 Å². The van der Waals surface area contributed by atoms with Crippen molar-refractivity contribution in [3.63, 3.8) is 0 Å². The highest BCUT2D eigenvalue weighted by Crippen LogP contribution is 2.12. The predicted molar refractivity (Wildman–Crippen MR) is 74.4 cm³/mol. The standard InChI is InChI=1S/C13H20ClN3O/c1-16-13(18)7-12(8-15)17(2)9-10-3-5-11(14)6-4-10/h3-6,12H,7-9,15H2,1-2H3,(H,16,18). The Balaban J connectivity index is 2.58. The van der Waals surface area contributed by atoms with E-state index in [4.69, 9.17) is 17.3 Å². The fourth-order valence-electron chi connectivity index (χ4n) is 1.74. The van der Waals surface area contributed by atoms with Gasteiger partial charge in [0, 0.05) is 37.6 Å². The van der Waals surface area contributed by atoms with Crippen LogP contribution < -0.4 is 11.1 Å². The number of hydrogen-bond donors (Lipinski definition) is 2. The molecule has 0 saturated heterocycles.